The normalized spacial score (nSPS) is 11.5. The molecule has 0 amide bonds. The highest BCUT2D eigenvalue weighted by Gasteiger charge is 1.95. The zero-order valence-electron chi connectivity index (χ0n) is 7.68. The van der Waals surface area contributed by atoms with Gasteiger partial charge in [-0.15, -0.1) is 11.3 Å². The fourth-order valence-electron chi connectivity index (χ4n) is 1.27. The summed E-state index contributed by atoms with van der Waals surface area (Å²) in [5.74, 6) is 0.902. The summed E-state index contributed by atoms with van der Waals surface area (Å²) in [5.41, 5.74) is 4.20. The van der Waals surface area contributed by atoms with Crippen molar-refractivity contribution in [2.45, 2.75) is 6.42 Å². The van der Waals surface area contributed by atoms with Gasteiger partial charge in [-0.25, -0.2) is 4.98 Å². The zero-order valence-corrected chi connectivity index (χ0v) is 9.39. The van der Waals surface area contributed by atoms with E-state index in [1.54, 1.807) is 11.3 Å². The number of aromatic nitrogens is 1. The van der Waals surface area contributed by atoms with Crippen molar-refractivity contribution >= 4 is 40.3 Å². The monoisotopic (exact) mass is 221 g/mol. The van der Waals surface area contributed by atoms with Crippen LogP contribution in [-0.4, -0.2) is 10.7 Å². The Labute approximate surface area is 92.9 Å². The predicted molar refractivity (Wildman–Crippen MR) is 67.1 cm³/mol. The van der Waals surface area contributed by atoms with Crippen LogP contribution < -0.4 is 0 Å². The molecule has 72 valence electrons. The van der Waals surface area contributed by atoms with Crippen molar-refractivity contribution in [2.24, 2.45) is 0 Å². The van der Waals surface area contributed by atoms with Crippen LogP contribution in [0.25, 0.3) is 16.3 Å². The van der Waals surface area contributed by atoms with Crippen molar-refractivity contribution in [1.29, 1.82) is 0 Å². The molecule has 1 aromatic carbocycles. The van der Waals surface area contributed by atoms with Gasteiger partial charge in [0.1, 0.15) is 0 Å². The van der Waals surface area contributed by atoms with Gasteiger partial charge in [-0.1, -0.05) is 18.2 Å². The van der Waals surface area contributed by atoms with Gasteiger partial charge in [0.05, 0.1) is 15.7 Å². The number of thiazole rings is 1. The number of hydrogen-bond donors (Lipinski definition) is 1. The first-order chi connectivity index (χ1) is 6.90. The maximum Gasteiger partial charge on any atom is 0.0812 e. The van der Waals surface area contributed by atoms with E-state index in [2.05, 4.69) is 48.0 Å². The molecule has 3 heteroatoms. The summed E-state index contributed by atoms with van der Waals surface area (Å²) in [6.07, 6.45) is 5.30. The van der Waals surface area contributed by atoms with Gasteiger partial charge in [0.25, 0.3) is 0 Å². The minimum absolute atomic E-state index is 0.902. The molecule has 0 spiro atoms. The molecule has 0 aliphatic carbocycles. The number of allylic oxidation sites excluding steroid dienone is 1. The van der Waals surface area contributed by atoms with Crippen molar-refractivity contribution in [1.82, 2.24) is 4.98 Å². The summed E-state index contributed by atoms with van der Waals surface area (Å²) >= 11 is 5.84. The molecule has 1 heterocycles. The van der Waals surface area contributed by atoms with Gasteiger partial charge in [-0.3, -0.25) is 0 Å². The van der Waals surface area contributed by atoms with E-state index in [0.29, 0.717) is 0 Å². The molecule has 0 saturated carbocycles. The van der Waals surface area contributed by atoms with Gasteiger partial charge in [0.15, 0.2) is 0 Å². The smallest absolute Gasteiger partial charge is 0.0812 e. The molecule has 0 aliphatic rings. The van der Waals surface area contributed by atoms with Crippen LogP contribution in [0.4, 0.5) is 0 Å². The minimum Gasteiger partial charge on any atom is -0.245 e. The van der Waals surface area contributed by atoms with E-state index in [4.69, 9.17) is 0 Å². The van der Waals surface area contributed by atoms with Crippen molar-refractivity contribution in [3.63, 3.8) is 0 Å². The number of benzene rings is 1. The third-order valence-corrected chi connectivity index (χ3v) is 3.01. The Morgan fingerprint density at radius 3 is 3.21 bits per heavy atom. The van der Waals surface area contributed by atoms with Crippen LogP contribution in [-0.2, 0) is 0 Å². The highest BCUT2D eigenvalue weighted by Crippen LogP contribution is 2.19. The first-order valence-electron chi connectivity index (χ1n) is 4.51. The molecule has 0 bridgehead atoms. The highest BCUT2D eigenvalue weighted by molar-refractivity contribution is 7.80. The molecule has 2 aromatic rings. The lowest BCUT2D eigenvalue weighted by molar-refractivity contribution is 1.26. The van der Waals surface area contributed by atoms with Crippen molar-refractivity contribution in [3.05, 3.63) is 35.3 Å². The lowest BCUT2D eigenvalue weighted by atomic mass is 10.2. The molecule has 0 fully saturated rings. The van der Waals surface area contributed by atoms with Gasteiger partial charge in [-0.05, 0) is 29.9 Å². The Morgan fingerprint density at radius 2 is 2.36 bits per heavy atom. The highest BCUT2D eigenvalue weighted by atomic mass is 32.1. The quantitative estimate of drug-likeness (QED) is 0.781. The summed E-state index contributed by atoms with van der Waals surface area (Å²) in [7, 11) is 0. The average molecular weight is 221 g/mol. The molecule has 0 unspecified atom stereocenters. The second-order valence-electron chi connectivity index (χ2n) is 2.99. The molecular formula is C11H11NS2. The van der Waals surface area contributed by atoms with Gasteiger partial charge in [-0.2, -0.15) is 12.6 Å². The number of nitrogens with zero attached hydrogens (tertiary/aromatic N) is 1. The third kappa shape index (κ3) is 2.16. The predicted octanol–water partition coefficient (Wildman–Crippen LogP) is 3.63. The van der Waals surface area contributed by atoms with Gasteiger partial charge < -0.3 is 0 Å². The largest absolute Gasteiger partial charge is 0.245 e. The van der Waals surface area contributed by atoms with Gasteiger partial charge >= 0.3 is 0 Å². The van der Waals surface area contributed by atoms with E-state index in [1.165, 1.54) is 10.3 Å². The Hall–Kier alpha value is -0.800. The standard InChI is InChI=1S/C11H11NS2/c13-6-2-1-3-9-4-5-10-11(7-9)14-8-12-10/h1,3-5,7-8,13H,2,6H2. The second-order valence-corrected chi connectivity index (χ2v) is 4.33. The number of hydrogen-bond acceptors (Lipinski definition) is 3. The Kier molecular flexibility index (Phi) is 3.22. The first kappa shape index (κ1) is 9.74. The average Bonchev–Trinajstić information content (AvgIpc) is 2.65. The van der Waals surface area contributed by atoms with Crippen LogP contribution in [0, 0.1) is 0 Å². The van der Waals surface area contributed by atoms with E-state index in [0.717, 1.165) is 17.7 Å². The number of thiol groups is 1. The molecular weight excluding hydrogens is 210 g/mol. The summed E-state index contributed by atoms with van der Waals surface area (Å²) < 4.78 is 1.25. The summed E-state index contributed by atoms with van der Waals surface area (Å²) in [6, 6.07) is 6.32. The fourth-order valence-corrected chi connectivity index (χ4v) is 2.14. The first-order valence-corrected chi connectivity index (χ1v) is 6.02. The maximum atomic E-state index is 4.24. The van der Waals surface area contributed by atoms with Crippen LogP contribution in [0.15, 0.2) is 29.8 Å². The molecule has 14 heavy (non-hydrogen) atoms. The maximum absolute atomic E-state index is 4.24. The Bertz CT molecular complexity index is 445. The van der Waals surface area contributed by atoms with Crippen LogP contribution in [0.2, 0.25) is 0 Å². The molecule has 0 N–H and O–H groups in total. The lowest BCUT2D eigenvalue weighted by Crippen LogP contribution is -1.73. The summed E-state index contributed by atoms with van der Waals surface area (Å²) in [6.45, 7) is 0. The van der Waals surface area contributed by atoms with E-state index in [9.17, 15) is 0 Å². The third-order valence-electron chi connectivity index (χ3n) is 1.96. The topological polar surface area (TPSA) is 12.9 Å². The number of rotatable bonds is 3. The zero-order chi connectivity index (χ0) is 9.80. The van der Waals surface area contributed by atoms with Crippen molar-refractivity contribution < 1.29 is 0 Å². The van der Waals surface area contributed by atoms with Gasteiger partial charge in [0, 0.05) is 0 Å². The van der Waals surface area contributed by atoms with Crippen LogP contribution in [0.5, 0.6) is 0 Å². The molecule has 0 aliphatic heterocycles. The number of fused-ring (bicyclic) bond motifs is 1. The summed E-state index contributed by atoms with van der Waals surface area (Å²) in [5, 5.41) is 0. The molecule has 2 rings (SSSR count). The van der Waals surface area contributed by atoms with E-state index < -0.39 is 0 Å². The van der Waals surface area contributed by atoms with Crippen LogP contribution >= 0.6 is 24.0 Å². The fraction of sp³-hybridized carbons (Fsp3) is 0.182. The van der Waals surface area contributed by atoms with Crippen molar-refractivity contribution in [2.75, 3.05) is 5.75 Å². The molecule has 1 aromatic heterocycles. The lowest BCUT2D eigenvalue weighted by Gasteiger charge is -1.92. The summed E-state index contributed by atoms with van der Waals surface area (Å²) in [4.78, 5) is 4.24. The van der Waals surface area contributed by atoms with E-state index >= 15 is 0 Å². The van der Waals surface area contributed by atoms with E-state index in [-0.39, 0.29) is 0 Å². The molecule has 1 nitrogen and oxygen atoms in total. The Balaban J connectivity index is 2.25. The van der Waals surface area contributed by atoms with Crippen molar-refractivity contribution in [3.8, 4) is 0 Å². The van der Waals surface area contributed by atoms with Crippen LogP contribution in [0.3, 0.4) is 0 Å². The Morgan fingerprint density at radius 1 is 1.43 bits per heavy atom. The molecule has 0 atom stereocenters. The van der Waals surface area contributed by atoms with E-state index in [1.807, 2.05) is 5.51 Å². The minimum atomic E-state index is 0.902. The molecule has 0 radical (unpaired) electrons. The van der Waals surface area contributed by atoms with Crippen LogP contribution in [0.1, 0.15) is 12.0 Å². The molecule has 0 saturated heterocycles. The SMILES string of the molecule is SCCC=Cc1ccc2ncsc2c1. The van der Waals surface area contributed by atoms with Gasteiger partial charge in [0.2, 0.25) is 0 Å². The second kappa shape index (κ2) is 4.62.